The number of aromatic amines is 1. The third kappa shape index (κ3) is 2.77. The Hall–Kier alpha value is -3.42. The Balaban J connectivity index is 1.40. The summed E-state index contributed by atoms with van der Waals surface area (Å²) in [6, 6.07) is 8.45. The number of fused-ring (bicyclic) bond motifs is 2. The number of pyridine rings is 1. The van der Waals surface area contributed by atoms with Crippen molar-refractivity contribution < 1.29 is 14.3 Å². The molecule has 3 heterocycles. The second-order valence-corrected chi connectivity index (χ2v) is 7.21. The maximum absolute atomic E-state index is 12.9. The zero-order chi connectivity index (χ0) is 19.3. The van der Waals surface area contributed by atoms with Gasteiger partial charge in [-0.25, -0.2) is 4.98 Å². The lowest BCUT2D eigenvalue weighted by molar-refractivity contribution is -0.120. The van der Waals surface area contributed by atoms with Crippen LogP contribution in [0.1, 0.15) is 34.8 Å². The van der Waals surface area contributed by atoms with Gasteiger partial charge in [-0.3, -0.25) is 14.7 Å². The predicted octanol–water partition coefficient (Wildman–Crippen LogP) is 1.99. The minimum atomic E-state index is -0.809. The Morgan fingerprint density at radius 3 is 2.96 bits per heavy atom. The molecule has 0 bridgehead atoms. The van der Waals surface area contributed by atoms with Gasteiger partial charge < -0.3 is 15.0 Å². The first kappa shape index (κ1) is 16.7. The van der Waals surface area contributed by atoms with E-state index in [1.165, 1.54) is 4.90 Å². The molecule has 2 amide bonds. The molecule has 0 radical (unpaired) electrons. The molecule has 1 saturated carbocycles. The minimum absolute atomic E-state index is 0.0554. The number of nitrogens with zero attached hydrogens (tertiary/aromatic N) is 3. The number of H-pyrrole nitrogens is 1. The third-order valence-electron chi connectivity index (χ3n) is 5.27. The second kappa shape index (κ2) is 6.33. The molecule has 28 heavy (non-hydrogen) atoms. The van der Waals surface area contributed by atoms with Gasteiger partial charge >= 0.3 is 0 Å². The zero-order valence-corrected chi connectivity index (χ0v) is 15.3. The molecular formula is C20H19N5O3. The first-order chi connectivity index (χ1) is 13.6. The summed E-state index contributed by atoms with van der Waals surface area (Å²) in [5.41, 5.74) is 2.59. The van der Waals surface area contributed by atoms with Crippen LogP contribution in [0.5, 0.6) is 5.75 Å². The van der Waals surface area contributed by atoms with Gasteiger partial charge in [-0.05, 0) is 42.5 Å². The molecule has 1 atom stereocenters. The lowest BCUT2D eigenvalue weighted by atomic mass is 10.1. The number of para-hydroxylation sites is 2. The van der Waals surface area contributed by atoms with Crippen LogP contribution in [0.4, 0.5) is 5.69 Å². The Morgan fingerprint density at radius 2 is 2.14 bits per heavy atom. The number of rotatable bonds is 3. The first-order valence-electron chi connectivity index (χ1n) is 9.26. The number of benzene rings is 1. The summed E-state index contributed by atoms with van der Waals surface area (Å²) in [4.78, 5) is 31.6. The predicted molar refractivity (Wildman–Crippen MR) is 102 cm³/mol. The van der Waals surface area contributed by atoms with Crippen LogP contribution in [-0.4, -0.2) is 46.7 Å². The molecule has 8 nitrogen and oxygen atoms in total. The molecule has 0 unspecified atom stereocenters. The number of carbonyl (C=O) groups excluding carboxylic acids is 2. The quantitative estimate of drug-likeness (QED) is 0.727. The van der Waals surface area contributed by atoms with E-state index in [1.807, 2.05) is 30.5 Å². The van der Waals surface area contributed by atoms with Crippen LogP contribution in [0, 0.1) is 0 Å². The fraction of sp³-hybridized carbons (Fsp3) is 0.300. The fourth-order valence-corrected chi connectivity index (χ4v) is 3.52. The van der Waals surface area contributed by atoms with Crippen molar-refractivity contribution in [3.05, 3.63) is 47.8 Å². The minimum Gasteiger partial charge on any atom is -0.489 e. The molecule has 0 saturated heterocycles. The van der Waals surface area contributed by atoms with E-state index in [1.54, 1.807) is 13.1 Å². The fourth-order valence-electron chi connectivity index (χ4n) is 3.52. The normalized spacial score (nSPS) is 19.1. The number of nitrogens with one attached hydrogen (secondary N) is 2. The van der Waals surface area contributed by atoms with Crippen molar-refractivity contribution in [1.29, 1.82) is 0 Å². The lowest BCUT2D eigenvalue weighted by Crippen LogP contribution is -2.49. The summed E-state index contributed by atoms with van der Waals surface area (Å²) < 4.78 is 5.75. The van der Waals surface area contributed by atoms with Crippen LogP contribution in [0.15, 0.2) is 36.5 Å². The number of aromatic nitrogens is 3. The molecular weight excluding hydrogens is 358 g/mol. The van der Waals surface area contributed by atoms with Gasteiger partial charge in [0.25, 0.3) is 11.8 Å². The van der Waals surface area contributed by atoms with E-state index in [9.17, 15) is 9.59 Å². The van der Waals surface area contributed by atoms with Crippen molar-refractivity contribution in [3.63, 3.8) is 0 Å². The number of amides is 2. The van der Waals surface area contributed by atoms with Crippen LogP contribution in [0.3, 0.4) is 0 Å². The highest BCUT2D eigenvalue weighted by molar-refractivity contribution is 6.07. The average molecular weight is 377 g/mol. The molecule has 2 N–H and O–H groups in total. The molecule has 1 fully saturated rings. The van der Waals surface area contributed by atoms with Crippen LogP contribution >= 0.6 is 0 Å². The van der Waals surface area contributed by atoms with E-state index in [0.29, 0.717) is 28.4 Å². The maximum atomic E-state index is 12.9. The zero-order valence-electron chi connectivity index (χ0n) is 15.3. The van der Waals surface area contributed by atoms with Crippen LogP contribution in [-0.2, 0) is 4.79 Å². The van der Waals surface area contributed by atoms with Gasteiger partial charge in [-0.15, -0.1) is 0 Å². The largest absolute Gasteiger partial charge is 0.489 e. The summed E-state index contributed by atoms with van der Waals surface area (Å²) in [5, 5.41) is 10.3. The van der Waals surface area contributed by atoms with Crippen molar-refractivity contribution in [2.24, 2.45) is 0 Å². The number of anilines is 1. The molecule has 1 aromatic carbocycles. The molecule has 8 heteroatoms. The van der Waals surface area contributed by atoms with Crippen molar-refractivity contribution in [1.82, 2.24) is 20.5 Å². The van der Waals surface area contributed by atoms with Crippen molar-refractivity contribution in [2.45, 2.75) is 24.8 Å². The van der Waals surface area contributed by atoms with Crippen LogP contribution in [0.2, 0.25) is 0 Å². The summed E-state index contributed by atoms with van der Waals surface area (Å²) in [7, 11) is 1.67. The molecule has 142 valence electrons. The van der Waals surface area contributed by atoms with Gasteiger partial charge in [-0.2, -0.15) is 5.10 Å². The van der Waals surface area contributed by atoms with E-state index in [4.69, 9.17) is 4.74 Å². The molecule has 5 rings (SSSR count). The molecule has 1 aliphatic carbocycles. The average Bonchev–Trinajstić information content (AvgIpc) is 3.49. The summed E-state index contributed by atoms with van der Waals surface area (Å²) in [5.74, 6) is 0.461. The topological polar surface area (TPSA) is 100 Å². The van der Waals surface area contributed by atoms with Crippen LogP contribution < -0.4 is 15.0 Å². The Morgan fingerprint density at radius 1 is 1.32 bits per heavy atom. The number of carbonyl (C=O) groups is 2. The van der Waals surface area contributed by atoms with E-state index >= 15 is 0 Å². The number of ether oxygens (including phenoxy) is 1. The van der Waals surface area contributed by atoms with E-state index < -0.39 is 11.9 Å². The van der Waals surface area contributed by atoms with Gasteiger partial charge in [0.15, 0.2) is 11.3 Å². The third-order valence-corrected chi connectivity index (χ3v) is 5.27. The van der Waals surface area contributed by atoms with Gasteiger partial charge in [0.2, 0.25) is 0 Å². The number of hydrogen-bond acceptors (Lipinski definition) is 5. The highest BCUT2D eigenvalue weighted by atomic mass is 16.5. The Labute approximate surface area is 160 Å². The van der Waals surface area contributed by atoms with Crippen molar-refractivity contribution in [3.8, 4) is 5.75 Å². The summed E-state index contributed by atoms with van der Waals surface area (Å²) in [6.07, 6.45) is 4.12. The Kier molecular flexibility index (Phi) is 3.78. The van der Waals surface area contributed by atoms with Gasteiger partial charge in [0.05, 0.1) is 11.1 Å². The summed E-state index contributed by atoms with van der Waals surface area (Å²) >= 11 is 0. The van der Waals surface area contributed by atoms with Gasteiger partial charge in [-0.1, -0.05) is 12.1 Å². The molecule has 2 aliphatic rings. The van der Waals surface area contributed by atoms with Crippen molar-refractivity contribution in [2.75, 3.05) is 18.6 Å². The molecule has 3 aromatic rings. The van der Waals surface area contributed by atoms with E-state index in [2.05, 4.69) is 20.5 Å². The van der Waals surface area contributed by atoms with Crippen LogP contribution in [0.25, 0.3) is 11.0 Å². The smallest absolute Gasteiger partial charge is 0.273 e. The standard InChI is InChI=1S/C20H19N5O3/c1-25-15-4-2-3-5-16(15)28-10-14(20(25)27)22-19(26)17-13-8-12(11-6-7-11)9-21-18(13)24-23-17/h2-5,8-9,11,14H,6-7,10H2,1H3,(H,22,26)(H,21,23,24)/t14-/m0/s1. The number of hydrogen-bond donors (Lipinski definition) is 2. The highest BCUT2D eigenvalue weighted by Crippen LogP contribution is 2.40. The maximum Gasteiger partial charge on any atom is 0.273 e. The lowest BCUT2D eigenvalue weighted by Gasteiger charge is -2.20. The first-order valence-corrected chi connectivity index (χ1v) is 9.26. The van der Waals surface area contributed by atoms with E-state index in [0.717, 1.165) is 18.4 Å². The van der Waals surface area contributed by atoms with E-state index in [-0.39, 0.29) is 18.2 Å². The van der Waals surface area contributed by atoms with Gasteiger partial charge in [0, 0.05) is 13.2 Å². The second-order valence-electron chi connectivity index (χ2n) is 7.21. The van der Waals surface area contributed by atoms with Gasteiger partial charge in [0.1, 0.15) is 18.4 Å². The molecule has 2 aromatic heterocycles. The molecule has 0 spiro atoms. The van der Waals surface area contributed by atoms with Crippen molar-refractivity contribution >= 4 is 28.5 Å². The Bertz CT molecular complexity index is 1090. The summed E-state index contributed by atoms with van der Waals surface area (Å²) in [6.45, 7) is 0.0554. The monoisotopic (exact) mass is 377 g/mol. The highest BCUT2D eigenvalue weighted by Gasteiger charge is 2.32. The molecule has 1 aliphatic heterocycles. The SMILES string of the molecule is CN1C(=O)[C@@H](NC(=O)c2n[nH]c3ncc(C4CC4)cc23)COc2ccccc21. The number of likely N-dealkylation sites (N-methyl/N-ethyl adjacent to an activating group) is 1.